The SMILES string of the molecule is Cc1ccc(C(Br)c2ccc(F)cc2F)c(C)c1. The topological polar surface area (TPSA) is 0 Å². The zero-order valence-corrected chi connectivity index (χ0v) is 11.8. The molecule has 1 atom stereocenters. The van der Waals surface area contributed by atoms with Crippen LogP contribution in [0.25, 0.3) is 0 Å². The Morgan fingerprint density at radius 3 is 2.22 bits per heavy atom. The maximum absolute atomic E-state index is 13.7. The highest BCUT2D eigenvalue weighted by Gasteiger charge is 2.17. The molecule has 3 heteroatoms. The molecule has 0 saturated heterocycles. The van der Waals surface area contributed by atoms with Crippen LogP contribution in [0.3, 0.4) is 0 Å². The zero-order chi connectivity index (χ0) is 13.3. The van der Waals surface area contributed by atoms with Crippen molar-refractivity contribution in [2.45, 2.75) is 18.7 Å². The van der Waals surface area contributed by atoms with Gasteiger partial charge in [-0.3, -0.25) is 0 Å². The molecule has 0 spiro atoms. The molecule has 0 saturated carbocycles. The van der Waals surface area contributed by atoms with Crippen molar-refractivity contribution < 1.29 is 8.78 Å². The second-order valence-electron chi connectivity index (χ2n) is 4.39. The van der Waals surface area contributed by atoms with Gasteiger partial charge in [-0.25, -0.2) is 8.78 Å². The summed E-state index contributed by atoms with van der Waals surface area (Å²) in [6.45, 7) is 4.00. The van der Waals surface area contributed by atoms with Gasteiger partial charge in [-0.2, -0.15) is 0 Å². The molecule has 2 aromatic rings. The van der Waals surface area contributed by atoms with Gasteiger partial charge < -0.3 is 0 Å². The van der Waals surface area contributed by atoms with E-state index in [1.165, 1.54) is 12.1 Å². The van der Waals surface area contributed by atoms with Gasteiger partial charge in [-0.1, -0.05) is 45.8 Å². The van der Waals surface area contributed by atoms with Gasteiger partial charge in [0, 0.05) is 11.6 Å². The van der Waals surface area contributed by atoms with Crippen molar-refractivity contribution in [2.75, 3.05) is 0 Å². The maximum atomic E-state index is 13.7. The van der Waals surface area contributed by atoms with E-state index < -0.39 is 11.6 Å². The summed E-state index contributed by atoms with van der Waals surface area (Å²) in [5.41, 5.74) is 3.69. The highest BCUT2D eigenvalue weighted by molar-refractivity contribution is 9.09. The molecule has 0 fully saturated rings. The zero-order valence-electron chi connectivity index (χ0n) is 10.2. The van der Waals surface area contributed by atoms with Crippen LogP contribution in [-0.4, -0.2) is 0 Å². The summed E-state index contributed by atoms with van der Waals surface area (Å²) in [5, 5.41) is 0. The molecule has 0 radical (unpaired) electrons. The Morgan fingerprint density at radius 1 is 0.944 bits per heavy atom. The lowest BCUT2D eigenvalue weighted by molar-refractivity contribution is 0.574. The third kappa shape index (κ3) is 2.61. The molecule has 0 aliphatic rings. The summed E-state index contributed by atoms with van der Waals surface area (Å²) in [6, 6.07) is 9.66. The molecule has 18 heavy (non-hydrogen) atoms. The van der Waals surface area contributed by atoms with Crippen molar-refractivity contribution in [3.05, 3.63) is 70.3 Å². The van der Waals surface area contributed by atoms with Crippen LogP contribution >= 0.6 is 15.9 Å². The number of hydrogen-bond donors (Lipinski definition) is 0. The predicted molar refractivity (Wildman–Crippen MR) is 73.0 cm³/mol. The van der Waals surface area contributed by atoms with E-state index in [1.807, 2.05) is 32.0 Å². The minimum Gasteiger partial charge on any atom is -0.207 e. The number of halogens is 3. The summed E-state index contributed by atoms with van der Waals surface area (Å²) in [4.78, 5) is -0.265. The van der Waals surface area contributed by atoms with Crippen LogP contribution in [0.2, 0.25) is 0 Å². The first-order valence-electron chi connectivity index (χ1n) is 5.65. The number of aryl methyl sites for hydroxylation is 2. The number of hydrogen-bond acceptors (Lipinski definition) is 0. The van der Waals surface area contributed by atoms with E-state index in [1.54, 1.807) is 0 Å². The average Bonchev–Trinajstić information content (AvgIpc) is 2.28. The minimum absolute atomic E-state index is 0.265. The molecular formula is C15H13BrF2. The largest absolute Gasteiger partial charge is 0.207 e. The molecule has 0 heterocycles. The monoisotopic (exact) mass is 310 g/mol. The van der Waals surface area contributed by atoms with Crippen LogP contribution in [0.15, 0.2) is 36.4 Å². The smallest absolute Gasteiger partial charge is 0.130 e. The average molecular weight is 311 g/mol. The van der Waals surface area contributed by atoms with Crippen LogP contribution in [0, 0.1) is 25.5 Å². The lowest BCUT2D eigenvalue weighted by Gasteiger charge is -2.15. The molecule has 0 bridgehead atoms. The molecule has 0 aromatic heterocycles. The lowest BCUT2D eigenvalue weighted by atomic mass is 9.98. The fourth-order valence-corrected chi connectivity index (χ4v) is 2.87. The van der Waals surface area contributed by atoms with Gasteiger partial charge in [0.05, 0.1) is 4.83 Å². The van der Waals surface area contributed by atoms with E-state index >= 15 is 0 Å². The maximum Gasteiger partial charge on any atom is 0.130 e. The van der Waals surface area contributed by atoms with Crippen LogP contribution in [0.4, 0.5) is 8.78 Å². The van der Waals surface area contributed by atoms with Crippen molar-refractivity contribution in [3.8, 4) is 0 Å². The number of rotatable bonds is 2. The molecule has 2 rings (SSSR count). The van der Waals surface area contributed by atoms with Crippen LogP contribution in [0.5, 0.6) is 0 Å². The molecule has 94 valence electrons. The second kappa shape index (κ2) is 5.19. The molecule has 0 amide bonds. The van der Waals surface area contributed by atoms with Gasteiger partial charge in [0.1, 0.15) is 11.6 Å². The summed E-state index contributed by atoms with van der Waals surface area (Å²) < 4.78 is 26.6. The Kier molecular flexibility index (Phi) is 3.81. The fraction of sp³-hybridized carbons (Fsp3) is 0.200. The van der Waals surface area contributed by atoms with Crippen LogP contribution in [-0.2, 0) is 0 Å². The molecule has 0 N–H and O–H groups in total. The summed E-state index contributed by atoms with van der Waals surface area (Å²) in [7, 11) is 0. The van der Waals surface area contributed by atoms with Gasteiger partial charge in [-0.05, 0) is 31.0 Å². The van der Waals surface area contributed by atoms with E-state index in [4.69, 9.17) is 0 Å². The van der Waals surface area contributed by atoms with E-state index in [0.717, 1.165) is 22.8 Å². The third-order valence-electron chi connectivity index (χ3n) is 2.93. The quantitative estimate of drug-likeness (QED) is 0.680. The molecule has 0 aliphatic heterocycles. The van der Waals surface area contributed by atoms with Crippen LogP contribution in [0.1, 0.15) is 27.1 Å². The molecular weight excluding hydrogens is 298 g/mol. The number of benzene rings is 2. The van der Waals surface area contributed by atoms with Gasteiger partial charge >= 0.3 is 0 Å². The van der Waals surface area contributed by atoms with Gasteiger partial charge in [0.2, 0.25) is 0 Å². The summed E-state index contributed by atoms with van der Waals surface area (Å²) >= 11 is 3.48. The third-order valence-corrected chi connectivity index (χ3v) is 3.92. The molecule has 0 aliphatic carbocycles. The van der Waals surface area contributed by atoms with E-state index in [9.17, 15) is 8.78 Å². The summed E-state index contributed by atoms with van der Waals surface area (Å²) in [6.07, 6.45) is 0. The fourth-order valence-electron chi connectivity index (χ4n) is 1.98. The standard InChI is InChI=1S/C15H13BrF2/c1-9-3-5-12(10(2)7-9)15(16)13-6-4-11(17)8-14(13)18/h3-8,15H,1-2H3. The Labute approximate surface area is 114 Å². The summed E-state index contributed by atoms with van der Waals surface area (Å²) in [5.74, 6) is -1.09. The minimum atomic E-state index is -0.559. The van der Waals surface area contributed by atoms with Crippen molar-refractivity contribution >= 4 is 15.9 Å². The Balaban J connectivity index is 2.44. The Hall–Kier alpha value is -1.22. The van der Waals surface area contributed by atoms with Gasteiger partial charge in [-0.15, -0.1) is 0 Å². The lowest BCUT2D eigenvalue weighted by Crippen LogP contribution is -1.99. The number of alkyl halides is 1. The van der Waals surface area contributed by atoms with Crippen LogP contribution < -0.4 is 0 Å². The molecule has 0 nitrogen and oxygen atoms in total. The van der Waals surface area contributed by atoms with E-state index in [2.05, 4.69) is 15.9 Å². The van der Waals surface area contributed by atoms with Crippen molar-refractivity contribution in [2.24, 2.45) is 0 Å². The van der Waals surface area contributed by atoms with Crippen molar-refractivity contribution in [1.82, 2.24) is 0 Å². The van der Waals surface area contributed by atoms with Gasteiger partial charge in [0.25, 0.3) is 0 Å². The first-order valence-corrected chi connectivity index (χ1v) is 6.57. The molecule has 2 aromatic carbocycles. The van der Waals surface area contributed by atoms with E-state index in [-0.39, 0.29) is 4.83 Å². The van der Waals surface area contributed by atoms with Crippen molar-refractivity contribution in [3.63, 3.8) is 0 Å². The first kappa shape index (κ1) is 13.2. The van der Waals surface area contributed by atoms with Crippen molar-refractivity contribution in [1.29, 1.82) is 0 Å². The highest BCUT2D eigenvalue weighted by Crippen LogP contribution is 2.34. The first-order chi connectivity index (χ1) is 8.49. The second-order valence-corrected chi connectivity index (χ2v) is 5.30. The Morgan fingerprint density at radius 2 is 1.61 bits per heavy atom. The highest BCUT2D eigenvalue weighted by atomic mass is 79.9. The molecule has 1 unspecified atom stereocenters. The normalized spacial score (nSPS) is 12.5. The van der Waals surface area contributed by atoms with Gasteiger partial charge in [0.15, 0.2) is 0 Å². The predicted octanol–water partition coefficient (Wildman–Crippen LogP) is 5.07. The van der Waals surface area contributed by atoms with E-state index in [0.29, 0.717) is 5.56 Å². The Bertz CT molecular complexity index is 527.